The van der Waals surface area contributed by atoms with Gasteiger partial charge in [0.1, 0.15) is 17.3 Å². The average molecular weight is 673 g/mol. The van der Waals surface area contributed by atoms with Crippen LogP contribution >= 0.6 is 0 Å². The van der Waals surface area contributed by atoms with E-state index in [4.69, 9.17) is 0 Å². The lowest BCUT2D eigenvalue weighted by atomic mass is 9.72. The Hall–Kier alpha value is -3.35. The fraction of sp³-hybridized carbons (Fsp3) is 0.643. The third-order valence-corrected chi connectivity index (χ3v) is 11.5. The molecule has 2 N–H and O–H groups in total. The predicted octanol–water partition coefficient (Wildman–Crippen LogP) is 8.97. The number of allylic oxidation sites excluding steroid dienone is 2. The van der Waals surface area contributed by atoms with Crippen molar-refractivity contribution in [3.63, 3.8) is 0 Å². The molecule has 4 atom stereocenters. The lowest BCUT2D eigenvalue weighted by molar-refractivity contribution is -0.136. The normalized spacial score (nSPS) is 28.5. The highest BCUT2D eigenvalue weighted by atomic mass is 16.2. The SMILES string of the molecule is CC(=O)C[C@]1(C)CCCCCC/C=C/CCC[C@@](C)(C(C)=O)NC(=O)[C@H](CC2CCC2)CCC(=O)[C@H](Cc2c[nH]c3ccccc23)CC1=O. The van der Waals surface area contributed by atoms with Gasteiger partial charge in [-0.2, -0.15) is 0 Å². The van der Waals surface area contributed by atoms with E-state index in [1.165, 1.54) is 0 Å². The van der Waals surface area contributed by atoms with E-state index in [1.807, 2.05) is 44.3 Å². The van der Waals surface area contributed by atoms with E-state index in [2.05, 4.69) is 22.5 Å². The van der Waals surface area contributed by atoms with Crippen LogP contribution in [0.1, 0.15) is 142 Å². The second-order valence-corrected chi connectivity index (χ2v) is 15.8. The smallest absolute Gasteiger partial charge is 0.223 e. The summed E-state index contributed by atoms with van der Waals surface area (Å²) >= 11 is 0. The molecule has 1 aliphatic heterocycles. The number of hydrogen-bond donors (Lipinski definition) is 2. The van der Waals surface area contributed by atoms with Gasteiger partial charge in [-0.05, 0) is 96.1 Å². The Labute approximate surface area is 293 Å². The number of para-hydroxylation sites is 1. The van der Waals surface area contributed by atoms with E-state index in [0.29, 0.717) is 38.0 Å². The highest BCUT2D eigenvalue weighted by Crippen LogP contribution is 2.37. The molecule has 0 bridgehead atoms. The molecule has 268 valence electrons. The molecule has 1 fully saturated rings. The van der Waals surface area contributed by atoms with Gasteiger partial charge in [0.2, 0.25) is 5.91 Å². The number of fused-ring (bicyclic) bond motifs is 1. The molecule has 2 aliphatic rings. The van der Waals surface area contributed by atoms with Gasteiger partial charge in [-0.1, -0.05) is 75.8 Å². The van der Waals surface area contributed by atoms with E-state index < -0.39 is 16.9 Å². The zero-order valence-electron chi connectivity index (χ0n) is 30.5. The number of aromatic amines is 1. The molecule has 1 aromatic heterocycles. The number of hydrogen-bond acceptors (Lipinski definition) is 5. The number of ketones is 4. The van der Waals surface area contributed by atoms with Crippen molar-refractivity contribution in [3.05, 3.63) is 48.2 Å². The van der Waals surface area contributed by atoms with Crippen molar-refractivity contribution in [2.75, 3.05) is 0 Å². The van der Waals surface area contributed by atoms with Crippen molar-refractivity contribution >= 4 is 39.9 Å². The number of benzene rings is 1. The number of carbonyl (C=O) groups excluding carboxylic acids is 5. The van der Waals surface area contributed by atoms with Crippen LogP contribution in [0.5, 0.6) is 0 Å². The third-order valence-electron chi connectivity index (χ3n) is 11.5. The lowest BCUT2D eigenvalue weighted by Crippen LogP contribution is -2.53. The summed E-state index contributed by atoms with van der Waals surface area (Å²) in [6.07, 6.45) is 19.4. The lowest BCUT2D eigenvalue weighted by Gasteiger charge is -2.33. The van der Waals surface area contributed by atoms with Crippen molar-refractivity contribution < 1.29 is 24.0 Å². The van der Waals surface area contributed by atoms with E-state index in [9.17, 15) is 24.0 Å². The van der Waals surface area contributed by atoms with Crippen molar-refractivity contribution in [3.8, 4) is 0 Å². The summed E-state index contributed by atoms with van der Waals surface area (Å²) in [6.45, 7) is 6.85. The maximum Gasteiger partial charge on any atom is 0.223 e. The van der Waals surface area contributed by atoms with Gasteiger partial charge in [-0.15, -0.1) is 0 Å². The molecule has 0 unspecified atom stereocenters. The van der Waals surface area contributed by atoms with Gasteiger partial charge in [0.15, 0.2) is 5.78 Å². The van der Waals surface area contributed by atoms with Gasteiger partial charge in [0.25, 0.3) is 0 Å². The van der Waals surface area contributed by atoms with Crippen molar-refractivity contribution in [1.29, 1.82) is 0 Å². The number of H-pyrrole nitrogens is 1. The summed E-state index contributed by atoms with van der Waals surface area (Å²) in [5.41, 5.74) is 0.212. The minimum Gasteiger partial charge on any atom is -0.361 e. The summed E-state index contributed by atoms with van der Waals surface area (Å²) < 4.78 is 0. The van der Waals surface area contributed by atoms with Crippen molar-refractivity contribution in [2.45, 2.75) is 149 Å². The summed E-state index contributed by atoms with van der Waals surface area (Å²) in [5, 5.41) is 4.17. The molecule has 7 heteroatoms. The minimum atomic E-state index is -0.949. The van der Waals surface area contributed by atoms with Crippen LogP contribution in [0.2, 0.25) is 0 Å². The standard InChI is InChI=1S/C42H60N2O5/c1-30(45)28-41(3)23-14-10-8-6-5-7-9-11-15-24-42(4,31(2)46)44-40(49)33(25-32-17-16-18-32)21-22-38(47)34(27-39(41)48)26-35-29-43-37-20-13-12-19-36(35)37/h7,9,12-13,19-20,29,32-34,43H,5-6,8,10-11,14-18,21-28H2,1-4H3,(H,44,49)/b9-7+/t33-,34+,41-,42-/m0/s1. The molecular weight excluding hydrogens is 612 g/mol. The van der Waals surface area contributed by atoms with Crippen LogP contribution < -0.4 is 5.32 Å². The first-order valence-electron chi connectivity index (χ1n) is 19.0. The Morgan fingerprint density at radius 2 is 1.55 bits per heavy atom. The summed E-state index contributed by atoms with van der Waals surface area (Å²) in [4.78, 5) is 71.0. The van der Waals surface area contributed by atoms with Gasteiger partial charge in [-0.3, -0.25) is 24.0 Å². The van der Waals surface area contributed by atoms with Crippen LogP contribution in [0.3, 0.4) is 0 Å². The molecule has 4 rings (SSSR count). The first-order valence-corrected chi connectivity index (χ1v) is 19.0. The number of Topliss-reactive ketones (excluding diaryl/α,β-unsaturated/α-hetero) is 4. The highest BCUT2D eigenvalue weighted by Gasteiger charge is 2.38. The molecule has 1 saturated carbocycles. The third kappa shape index (κ3) is 11.1. The Morgan fingerprint density at radius 3 is 2.24 bits per heavy atom. The second kappa shape index (κ2) is 18.1. The first kappa shape index (κ1) is 38.5. The molecule has 7 nitrogen and oxygen atoms in total. The quantitative estimate of drug-likeness (QED) is 0.285. The minimum absolute atomic E-state index is 0.00987. The van der Waals surface area contributed by atoms with Gasteiger partial charge in [-0.25, -0.2) is 0 Å². The zero-order valence-corrected chi connectivity index (χ0v) is 30.5. The number of nitrogens with one attached hydrogen (secondary N) is 2. The molecule has 0 saturated heterocycles. The van der Waals surface area contributed by atoms with Crippen LogP contribution in [0.4, 0.5) is 0 Å². The monoisotopic (exact) mass is 672 g/mol. The molecule has 1 aromatic carbocycles. The fourth-order valence-electron chi connectivity index (χ4n) is 7.86. The Kier molecular flexibility index (Phi) is 14.2. The summed E-state index contributed by atoms with van der Waals surface area (Å²) in [6, 6.07) is 7.98. The highest BCUT2D eigenvalue weighted by molar-refractivity contribution is 5.95. The topological polar surface area (TPSA) is 113 Å². The Morgan fingerprint density at radius 1 is 0.837 bits per heavy atom. The maximum absolute atomic E-state index is 14.2. The predicted molar refractivity (Wildman–Crippen MR) is 196 cm³/mol. The van der Waals surface area contributed by atoms with Crippen LogP contribution in [-0.2, 0) is 30.4 Å². The molecule has 1 aliphatic carbocycles. The first-order chi connectivity index (χ1) is 23.4. The molecular formula is C42H60N2O5. The summed E-state index contributed by atoms with van der Waals surface area (Å²) in [5.74, 6) is -0.725. The van der Waals surface area contributed by atoms with Crippen molar-refractivity contribution in [1.82, 2.24) is 10.3 Å². The molecule has 0 spiro atoms. The largest absolute Gasteiger partial charge is 0.361 e. The Bertz CT molecular complexity index is 1480. The van der Waals surface area contributed by atoms with Crippen LogP contribution in [0, 0.1) is 23.2 Å². The number of carbonyl (C=O) groups is 5. The van der Waals surface area contributed by atoms with Gasteiger partial charge in [0.05, 0.1) is 5.54 Å². The zero-order chi connectivity index (χ0) is 35.4. The van der Waals surface area contributed by atoms with Gasteiger partial charge in [0, 0.05) is 53.6 Å². The van der Waals surface area contributed by atoms with E-state index in [0.717, 1.165) is 80.7 Å². The Balaban J connectivity index is 1.62. The van der Waals surface area contributed by atoms with E-state index >= 15 is 0 Å². The number of rotatable bonds is 7. The van der Waals surface area contributed by atoms with E-state index in [1.54, 1.807) is 13.8 Å². The van der Waals surface area contributed by atoms with Crippen LogP contribution in [-0.4, -0.2) is 39.6 Å². The van der Waals surface area contributed by atoms with Crippen LogP contribution in [0.15, 0.2) is 42.6 Å². The second-order valence-electron chi connectivity index (χ2n) is 15.8. The van der Waals surface area contributed by atoms with Crippen LogP contribution in [0.25, 0.3) is 10.9 Å². The van der Waals surface area contributed by atoms with Gasteiger partial charge >= 0.3 is 0 Å². The summed E-state index contributed by atoms with van der Waals surface area (Å²) in [7, 11) is 0. The molecule has 1 amide bonds. The fourth-order valence-corrected chi connectivity index (χ4v) is 7.86. The van der Waals surface area contributed by atoms with Crippen molar-refractivity contribution in [2.24, 2.45) is 23.2 Å². The molecule has 49 heavy (non-hydrogen) atoms. The maximum atomic E-state index is 14.2. The molecule has 0 radical (unpaired) electrons. The molecule has 2 aromatic rings. The number of amides is 1. The number of aromatic nitrogens is 1. The average Bonchev–Trinajstić information content (AvgIpc) is 3.44. The van der Waals surface area contributed by atoms with Gasteiger partial charge < -0.3 is 10.3 Å². The van der Waals surface area contributed by atoms with E-state index in [-0.39, 0.29) is 54.2 Å². The molecule has 2 heterocycles.